The molecule has 4 heteroatoms. The van der Waals surface area contributed by atoms with Crippen molar-refractivity contribution in [1.29, 1.82) is 0 Å². The fourth-order valence-corrected chi connectivity index (χ4v) is 4.07. The molecule has 0 aromatic heterocycles. The van der Waals surface area contributed by atoms with Gasteiger partial charge in [0.15, 0.2) is 0 Å². The first kappa shape index (κ1) is 18.1. The van der Waals surface area contributed by atoms with Crippen LogP contribution in [0.1, 0.15) is 44.1 Å². The third-order valence-electron chi connectivity index (χ3n) is 5.08. The summed E-state index contributed by atoms with van der Waals surface area (Å²) in [5, 5.41) is 4.15. The van der Waals surface area contributed by atoms with Crippen LogP contribution in [0.3, 0.4) is 0 Å². The summed E-state index contributed by atoms with van der Waals surface area (Å²) in [6.07, 6.45) is 17.4. The number of fused-ring (bicyclic) bond motifs is 1. The number of nitrogens with zero attached hydrogens (tertiary/aromatic N) is 1. The lowest BCUT2D eigenvalue weighted by Gasteiger charge is -2.00. The lowest BCUT2D eigenvalue weighted by atomic mass is 10.1. The predicted octanol–water partition coefficient (Wildman–Crippen LogP) is 5.23. The van der Waals surface area contributed by atoms with Crippen LogP contribution >= 0.6 is 15.9 Å². The number of benzene rings is 1. The van der Waals surface area contributed by atoms with Gasteiger partial charge in [-0.15, -0.1) is 0 Å². The standard InChI is InChI=1S/C21H25BrN2O/c22-19-14-10-9-11-16(19)15-23-24-21(25)20-17-12-7-5-3-1-2-4-6-8-13-18(17)20/h3-6,9-11,14-15,17-18,20H,1-2,7-8,12-13H2,(H,24,25)/b5-3+,6-4+,23-15-/t17-,18+,20?. The Bertz CT molecular complexity index is 656. The van der Waals surface area contributed by atoms with Crippen LogP contribution in [0.4, 0.5) is 0 Å². The van der Waals surface area contributed by atoms with Crippen molar-refractivity contribution in [2.75, 3.05) is 0 Å². The van der Waals surface area contributed by atoms with Crippen molar-refractivity contribution in [2.24, 2.45) is 22.9 Å². The molecule has 0 radical (unpaired) electrons. The van der Waals surface area contributed by atoms with Gasteiger partial charge in [0.2, 0.25) is 5.91 Å². The van der Waals surface area contributed by atoms with Crippen molar-refractivity contribution >= 4 is 28.1 Å². The molecule has 0 bridgehead atoms. The lowest BCUT2D eigenvalue weighted by molar-refractivity contribution is -0.122. The molecule has 1 aromatic rings. The zero-order valence-corrected chi connectivity index (χ0v) is 16.0. The summed E-state index contributed by atoms with van der Waals surface area (Å²) in [5.74, 6) is 1.22. The van der Waals surface area contributed by atoms with E-state index in [1.54, 1.807) is 6.21 Å². The summed E-state index contributed by atoms with van der Waals surface area (Å²) >= 11 is 3.48. The summed E-state index contributed by atoms with van der Waals surface area (Å²) in [6, 6.07) is 7.83. The number of hydrogen-bond donors (Lipinski definition) is 1. The normalized spacial score (nSPS) is 29.1. The van der Waals surface area contributed by atoms with Crippen molar-refractivity contribution in [1.82, 2.24) is 5.43 Å². The maximum absolute atomic E-state index is 12.5. The van der Waals surface area contributed by atoms with Gasteiger partial charge in [-0.05, 0) is 56.4 Å². The highest BCUT2D eigenvalue weighted by Crippen LogP contribution is 2.52. The number of carbonyl (C=O) groups is 1. The molecule has 132 valence electrons. The van der Waals surface area contributed by atoms with E-state index in [0.29, 0.717) is 11.8 Å². The van der Waals surface area contributed by atoms with Crippen LogP contribution in [0.2, 0.25) is 0 Å². The van der Waals surface area contributed by atoms with Crippen LogP contribution in [0.15, 0.2) is 58.1 Å². The first-order chi connectivity index (χ1) is 12.3. The molecule has 25 heavy (non-hydrogen) atoms. The Morgan fingerprint density at radius 1 is 1.00 bits per heavy atom. The zero-order chi connectivity index (χ0) is 17.5. The van der Waals surface area contributed by atoms with Gasteiger partial charge in [0.1, 0.15) is 0 Å². The molecule has 1 N–H and O–H groups in total. The maximum atomic E-state index is 12.5. The molecule has 1 saturated carbocycles. The minimum Gasteiger partial charge on any atom is -0.273 e. The summed E-state index contributed by atoms with van der Waals surface area (Å²) in [4.78, 5) is 12.5. The molecule has 2 aliphatic rings. The van der Waals surface area contributed by atoms with Crippen LogP contribution in [0.25, 0.3) is 0 Å². The molecule has 1 unspecified atom stereocenters. The summed E-state index contributed by atoms with van der Waals surface area (Å²) in [7, 11) is 0. The number of amides is 1. The Balaban J connectivity index is 1.55. The van der Waals surface area contributed by atoms with Crippen LogP contribution in [0, 0.1) is 17.8 Å². The van der Waals surface area contributed by atoms with Crippen molar-refractivity contribution < 1.29 is 4.79 Å². The van der Waals surface area contributed by atoms with E-state index in [9.17, 15) is 4.79 Å². The highest BCUT2D eigenvalue weighted by atomic mass is 79.9. The predicted molar refractivity (Wildman–Crippen MR) is 106 cm³/mol. The van der Waals surface area contributed by atoms with Gasteiger partial charge in [0.05, 0.1) is 6.21 Å². The number of hydrogen-bond acceptors (Lipinski definition) is 2. The van der Waals surface area contributed by atoms with E-state index < -0.39 is 0 Å². The SMILES string of the molecule is O=C(N/N=C\c1ccccc1Br)C1[C@H]2CC/C=C/CC/C=C/CC[C@@H]12. The second-order valence-corrected chi connectivity index (χ2v) is 7.64. The van der Waals surface area contributed by atoms with Crippen molar-refractivity contribution in [3.63, 3.8) is 0 Å². The molecule has 3 nitrogen and oxygen atoms in total. The third-order valence-corrected chi connectivity index (χ3v) is 5.81. The molecule has 3 rings (SSSR count). The first-order valence-electron chi connectivity index (χ1n) is 9.15. The van der Waals surface area contributed by atoms with Crippen LogP contribution in [-0.4, -0.2) is 12.1 Å². The quantitative estimate of drug-likeness (QED) is 0.421. The van der Waals surface area contributed by atoms with Gasteiger partial charge in [-0.2, -0.15) is 5.10 Å². The molecule has 0 heterocycles. The van der Waals surface area contributed by atoms with E-state index in [4.69, 9.17) is 0 Å². The third kappa shape index (κ3) is 5.15. The van der Waals surface area contributed by atoms with Gasteiger partial charge >= 0.3 is 0 Å². The van der Waals surface area contributed by atoms with Gasteiger partial charge in [-0.1, -0.05) is 58.4 Å². The van der Waals surface area contributed by atoms with Crippen LogP contribution in [0.5, 0.6) is 0 Å². The Morgan fingerprint density at radius 2 is 1.60 bits per heavy atom. The molecule has 1 fully saturated rings. The second kappa shape index (κ2) is 9.14. The summed E-state index contributed by atoms with van der Waals surface area (Å²) < 4.78 is 0.972. The fourth-order valence-electron chi connectivity index (χ4n) is 3.68. The number of rotatable bonds is 3. The van der Waals surface area contributed by atoms with E-state index in [1.807, 2.05) is 24.3 Å². The van der Waals surface area contributed by atoms with Crippen molar-refractivity contribution in [3.05, 3.63) is 58.6 Å². The minimum absolute atomic E-state index is 0.0705. The average molecular weight is 401 g/mol. The van der Waals surface area contributed by atoms with Gasteiger partial charge in [-0.3, -0.25) is 4.79 Å². The van der Waals surface area contributed by atoms with E-state index in [-0.39, 0.29) is 11.8 Å². The number of allylic oxidation sites excluding steroid dienone is 4. The highest BCUT2D eigenvalue weighted by Gasteiger charge is 2.52. The minimum atomic E-state index is 0.0705. The van der Waals surface area contributed by atoms with E-state index in [0.717, 1.165) is 48.6 Å². The maximum Gasteiger partial charge on any atom is 0.243 e. The van der Waals surface area contributed by atoms with E-state index in [2.05, 4.69) is 50.8 Å². The number of carbonyl (C=O) groups excluding carboxylic acids is 1. The summed E-state index contributed by atoms with van der Waals surface area (Å²) in [5.41, 5.74) is 3.71. The largest absolute Gasteiger partial charge is 0.273 e. The Hall–Kier alpha value is -1.68. The monoisotopic (exact) mass is 400 g/mol. The molecular weight excluding hydrogens is 376 g/mol. The zero-order valence-electron chi connectivity index (χ0n) is 14.4. The van der Waals surface area contributed by atoms with E-state index >= 15 is 0 Å². The lowest BCUT2D eigenvalue weighted by Crippen LogP contribution is -2.21. The molecule has 1 aromatic carbocycles. The number of nitrogens with one attached hydrogen (secondary N) is 1. The van der Waals surface area contributed by atoms with Crippen molar-refractivity contribution in [2.45, 2.75) is 38.5 Å². The van der Waals surface area contributed by atoms with Crippen LogP contribution < -0.4 is 5.43 Å². The smallest absolute Gasteiger partial charge is 0.243 e. The molecule has 2 aliphatic carbocycles. The Kier molecular flexibility index (Phi) is 6.62. The Labute approximate surface area is 158 Å². The average Bonchev–Trinajstić information content (AvgIpc) is 3.29. The molecule has 0 saturated heterocycles. The molecule has 1 amide bonds. The van der Waals surface area contributed by atoms with E-state index in [1.165, 1.54) is 0 Å². The Morgan fingerprint density at radius 3 is 2.24 bits per heavy atom. The topological polar surface area (TPSA) is 41.5 Å². The van der Waals surface area contributed by atoms with Gasteiger partial charge in [0, 0.05) is 16.0 Å². The number of halogens is 1. The molecule has 0 spiro atoms. The molecule has 3 atom stereocenters. The highest BCUT2D eigenvalue weighted by molar-refractivity contribution is 9.10. The number of hydrazone groups is 1. The van der Waals surface area contributed by atoms with Crippen LogP contribution in [-0.2, 0) is 4.79 Å². The first-order valence-corrected chi connectivity index (χ1v) is 9.94. The second-order valence-electron chi connectivity index (χ2n) is 6.78. The fraction of sp³-hybridized carbons (Fsp3) is 0.429. The molecule has 0 aliphatic heterocycles. The molecular formula is C21H25BrN2O. The van der Waals surface area contributed by atoms with Crippen molar-refractivity contribution in [3.8, 4) is 0 Å². The van der Waals surface area contributed by atoms with Gasteiger partial charge < -0.3 is 0 Å². The van der Waals surface area contributed by atoms with Gasteiger partial charge in [-0.25, -0.2) is 5.43 Å². The summed E-state index contributed by atoms with van der Waals surface area (Å²) in [6.45, 7) is 0. The van der Waals surface area contributed by atoms with Gasteiger partial charge in [0.25, 0.3) is 0 Å².